The first-order chi connectivity index (χ1) is 10.2. The molecule has 1 aromatic carbocycles. The van der Waals surface area contributed by atoms with E-state index in [4.69, 9.17) is 19.9 Å². The van der Waals surface area contributed by atoms with Gasteiger partial charge >= 0.3 is 0 Å². The Morgan fingerprint density at radius 1 is 1.19 bits per heavy atom. The average molecular weight is 291 g/mol. The van der Waals surface area contributed by atoms with Crippen LogP contribution in [0, 0.1) is 0 Å². The fourth-order valence-electron chi connectivity index (χ4n) is 3.66. The summed E-state index contributed by atoms with van der Waals surface area (Å²) in [4.78, 5) is 0. The number of ether oxygens (including phenoxy) is 3. The summed E-state index contributed by atoms with van der Waals surface area (Å²) in [5.41, 5.74) is 7.38. The summed E-state index contributed by atoms with van der Waals surface area (Å²) in [7, 11) is 0. The Balaban J connectivity index is 2.01. The number of hydrogen-bond acceptors (Lipinski definition) is 4. The van der Waals surface area contributed by atoms with E-state index in [0.717, 1.165) is 42.1 Å². The SMILES string of the molecule is CCOc1cc(OCC)c2c(c1)OC1(CCCC1)CC2N. The molecule has 21 heavy (non-hydrogen) atoms. The Morgan fingerprint density at radius 2 is 1.90 bits per heavy atom. The third-order valence-corrected chi connectivity index (χ3v) is 4.49. The fraction of sp³-hybridized carbons (Fsp3) is 0.647. The van der Waals surface area contributed by atoms with Gasteiger partial charge in [0.25, 0.3) is 0 Å². The second-order valence-corrected chi connectivity index (χ2v) is 6.00. The van der Waals surface area contributed by atoms with Crippen molar-refractivity contribution >= 4 is 0 Å². The summed E-state index contributed by atoms with van der Waals surface area (Å²) >= 11 is 0. The zero-order valence-electron chi connectivity index (χ0n) is 13.0. The zero-order valence-corrected chi connectivity index (χ0v) is 13.0. The van der Waals surface area contributed by atoms with Crippen LogP contribution in [0.25, 0.3) is 0 Å². The Kier molecular flexibility index (Phi) is 3.98. The zero-order chi connectivity index (χ0) is 14.9. The van der Waals surface area contributed by atoms with Crippen LogP contribution in [0.15, 0.2) is 12.1 Å². The second-order valence-electron chi connectivity index (χ2n) is 6.00. The van der Waals surface area contributed by atoms with Crippen molar-refractivity contribution in [1.82, 2.24) is 0 Å². The van der Waals surface area contributed by atoms with Gasteiger partial charge in [0.1, 0.15) is 22.8 Å². The van der Waals surface area contributed by atoms with Gasteiger partial charge < -0.3 is 19.9 Å². The van der Waals surface area contributed by atoms with Gasteiger partial charge in [0.2, 0.25) is 0 Å². The van der Waals surface area contributed by atoms with Crippen LogP contribution in [0.1, 0.15) is 57.6 Å². The molecule has 4 heteroatoms. The lowest BCUT2D eigenvalue weighted by molar-refractivity contribution is 0.0411. The fourth-order valence-corrected chi connectivity index (χ4v) is 3.66. The molecule has 3 rings (SSSR count). The first kappa shape index (κ1) is 14.5. The predicted molar refractivity (Wildman–Crippen MR) is 82.2 cm³/mol. The molecule has 1 fully saturated rings. The van der Waals surface area contributed by atoms with Gasteiger partial charge in [-0.1, -0.05) is 0 Å². The molecule has 1 aliphatic heterocycles. The van der Waals surface area contributed by atoms with Crippen molar-refractivity contribution in [3.63, 3.8) is 0 Å². The summed E-state index contributed by atoms with van der Waals surface area (Å²) < 4.78 is 17.8. The van der Waals surface area contributed by atoms with Gasteiger partial charge in [-0.15, -0.1) is 0 Å². The van der Waals surface area contributed by atoms with E-state index >= 15 is 0 Å². The van der Waals surface area contributed by atoms with Gasteiger partial charge in [-0.3, -0.25) is 0 Å². The molecule has 1 spiro atoms. The summed E-state index contributed by atoms with van der Waals surface area (Å²) in [6, 6.07) is 3.88. The number of nitrogens with two attached hydrogens (primary N) is 1. The maximum Gasteiger partial charge on any atom is 0.132 e. The molecule has 2 N–H and O–H groups in total. The lowest BCUT2D eigenvalue weighted by atomic mass is 9.86. The van der Waals surface area contributed by atoms with E-state index in [-0.39, 0.29) is 11.6 Å². The molecule has 116 valence electrons. The molecule has 0 amide bonds. The van der Waals surface area contributed by atoms with Gasteiger partial charge in [0.05, 0.1) is 18.8 Å². The highest BCUT2D eigenvalue weighted by Gasteiger charge is 2.43. The number of fused-ring (bicyclic) bond motifs is 1. The molecule has 0 radical (unpaired) electrons. The van der Waals surface area contributed by atoms with Crippen LogP contribution in [0.2, 0.25) is 0 Å². The van der Waals surface area contributed by atoms with E-state index in [1.807, 2.05) is 26.0 Å². The maximum absolute atomic E-state index is 6.46. The standard InChI is InChI=1S/C17H25NO3/c1-3-19-12-9-14(20-4-2)16-13(18)11-17(7-5-6-8-17)21-15(16)10-12/h9-10,13H,3-8,11,18H2,1-2H3. The van der Waals surface area contributed by atoms with E-state index in [1.165, 1.54) is 12.8 Å². The lowest BCUT2D eigenvalue weighted by Gasteiger charge is -2.39. The largest absolute Gasteiger partial charge is 0.494 e. The van der Waals surface area contributed by atoms with Gasteiger partial charge in [-0.05, 0) is 39.5 Å². The molecule has 1 unspecified atom stereocenters. The molecule has 2 aliphatic rings. The van der Waals surface area contributed by atoms with E-state index in [0.29, 0.717) is 13.2 Å². The van der Waals surface area contributed by atoms with Crippen LogP contribution in [0.3, 0.4) is 0 Å². The van der Waals surface area contributed by atoms with E-state index in [9.17, 15) is 0 Å². The minimum absolute atomic E-state index is 0.0240. The summed E-state index contributed by atoms with van der Waals surface area (Å²) in [6.45, 7) is 5.19. The normalized spacial score (nSPS) is 22.7. The number of rotatable bonds is 4. The first-order valence-corrected chi connectivity index (χ1v) is 8.05. The van der Waals surface area contributed by atoms with E-state index in [1.54, 1.807) is 0 Å². The lowest BCUT2D eigenvalue weighted by Crippen LogP contribution is -2.40. The summed E-state index contributed by atoms with van der Waals surface area (Å²) in [6.07, 6.45) is 5.54. The average Bonchev–Trinajstić information content (AvgIpc) is 2.86. The van der Waals surface area contributed by atoms with Crippen LogP contribution >= 0.6 is 0 Å². The maximum atomic E-state index is 6.46. The highest BCUT2D eigenvalue weighted by atomic mass is 16.5. The summed E-state index contributed by atoms with van der Waals surface area (Å²) in [5, 5.41) is 0. The first-order valence-electron chi connectivity index (χ1n) is 8.05. The van der Waals surface area contributed by atoms with Gasteiger partial charge in [0, 0.05) is 24.6 Å². The van der Waals surface area contributed by atoms with Crippen molar-refractivity contribution in [2.24, 2.45) is 5.73 Å². The number of benzene rings is 1. The van der Waals surface area contributed by atoms with Crippen molar-refractivity contribution < 1.29 is 14.2 Å². The molecule has 0 aromatic heterocycles. The van der Waals surface area contributed by atoms with Crippen LogP contribution in [-0.2, 0) is 0 Å². The molecule has 1 aliphatic carbocycles. The minimum Gasteiger partial charge on any atom is -0.494 e. The van der Waals surface area contributed by atoms with Crippen molar-refractivity contribution in [2.45, 2.75) is 57.6 Å². The second kappa shape index (κ2) is 5.76. The minimum atomic E-state index is -0.0687. The van der Waals surface area contributed by atoms with Crippen molar-refractivity contribution in [1.29, 1.82) is 0 Å². The summed E-state index contributed by atoms with van der Waals surface area (Å²) in [5.74, 6) is 2.45. The molecular formula is C17H25NO3. The molecule has 1 heterocycles. The molecule has 1 atom stereocenters. The Bertz CT molecular complexity index is 509. The Morgan fingerprint density at radius 3 is 2.57 bits per heavy atom. The molecule has 1 saturated carbocycles. The third kappa shape index (κ3) is 2.69. The van der Waals surface area contributed by atoms with Crippen LogP contribution in [-0.4, -0.2) is 18.8 Å². The highest BCUT2D eigenvalue weighted by Crippen LogP contribution is 2.50. The van der Waals surface area contributed by atoms with Crippen molar-refractivity contribution in [3.8, 4) is 17.2 Å². The van der Waals surface area contributed by atoms with Crippen LogP contribution in [0.5, 0.6) is 17.2 Å². The van der Waals surface area contributed by atoms with E-state index < -0.39 is 0 Å². The molecule has 1 aromatic rings. The van der Waals surface area contributed by atoms with Gasteiger partial charge in [0.15, 0.2) is 0 Å². The molecule has 4 nitrogen and oxygen atoms in total. The van der Waals surface area contributed by atoms with Gasteiger partial charge in [-0.2, -0.15) is 0 Å². The van der Waals surface area contributed by atoms with Crippen molar-refractivity contribution in [2.75, 3.05) is 13.2 Å². The molecular weight excluding hydrogens is 266 g/mol. The Hall–Kier alpha value is -1.42. The van der Waals surface area contributed by atoms with Crippen molar-refractivity contribution in [3.05, 3.63) is 17.7 Å². The van der Waals surface area contributed by atoms with Crippen LogP contribution < -0.4 is 19.9 Å². The topological polar surface area (TPSA) is 53.7 Å². The third-order valence-electron chi connectivity index (χ3n) is 4.49. The molecule has 0 saturated heterocycles. The Labute approximate surface area is 126 Å². The van der Waals surface area contributed by atoms with Crippen LogP contribution in [0.4, 0.5) is 0 Å². The highest BCUT2D eigenvalue weighted by molar-refractivity contribution is 5.53. The quantitative estimate of drug-likeness (QED) is 0.921. The molecule has 0 bridgehead atoms. The van der Waals surface area contributed by atoms with Gasteiger partial charge in [-0.25, -0.2) is 0 Å². The number of hydrogen-bond donors (Lipinski definition) is 1. The predicted octanol–water partition coefficient (Wildman–Crippen LogP) is 3.58. The smallest absolute Gasteiger partial charge is 0.132 e. The van der Waals surface area contributed by atoms with E-state index in [2.05, 4.69) is 0 Å². The monoisotopic (exact) mass is 291 g/mol.